The number of nitrogens with zero attached hydrogens (tertiary/aromatic N) is 6. The van der Waals surface area contributed by atoms with Crippen LogP contribution in [0.1, 0.15) is 5.56 Å². The van der Waals surface area contributed by atoms with Gasteiger partial charge in [-0.2, -0.15) is 0 Å². The van der Waals surface area contributed by atoms with Crippen LogP contribution in [0.4, 0.5) is 5.69 Å². The van der Waals surface area contributed by atoms with Gasteiger partial charge in [0.1, 0.15) is 12.4 Å². The molecule has 0 aliphatic heterocycles. The summed E-state index contributed by atoms with van der Waals surface area (Å²) >= 11 is 1.20. The zero-order valence-corrected chi connectivity index (χ0v) is 15.6. The van der Waals surface area contributed by atoms with E-state index in [1.807, 2.05) is 66.1 Å². The first kappa shape index (κ1) is 17.8. The molecule has 0 atom stereocenters. The van der Waals surface area contributed by atoms with Gasteiger partial charge in [-0.15, -0.1) is 10.2 Å². The van der Waals surface area contributed by atoms with E-state index >= 15 is 0 Å². The van der Waals surface area contributed by atoms with Crippen LogP contribution in [0.5, 0.6) is 0 Å². The monoisotopic (exact) mass is 390 g/mol. The average Bonchev–Trinajstić information content (AvgIpc) is 3.12. The third-order valence-electron chi connectivity index (χ3n) is 3.93. The Kier molecular flexibility index (Phi) is 4.81. The van der Waals surface area contributed by atoms with E-state index < -0.39 is 4.92 Å². The molecule has 8 nitrogen and oxygen atoms in total. The summed E-state index contributed by atoms with van der Waals surface area (Å²) < 4.78 is 1.93. The van der Waals surface area contributed by atoms with Crippen LogP contribution in [0, 0.1) is 17.0 Å². The van der Waals surface area contributed by atoms with E-state index in [4.69, 9.17) is 0 Å². The molecular formula is C19H14N6O2S. The van der Waals surface area contributed by atoms with E-state index in [0.717, 1.165) is 16.8 Å². The molecule has 0 fully saturated rings. The van der Waals surface area contributed by atoms with Crippen LogP contribution in [-0.2, 0) is 0 Å². The largest absolute Gasteiger partial charge is 0.305 e. The lowest BCUT2D eigenvalue weighted by molar-refractivity contribution is -0.385. The van der Waals surface area contributed by atoms with E-state index in [1.54, 1.807) is 0 Å². The van der Waals surface area contributed by atoms with Gasteiger partial charge in [-0.05, 0) is 36.4 Å². The summed E-state index contributed by atoms with van der Waals surface area (Å²) in [5, 5.41) is 20.4. The Morgan fingerprint density at radius 2 is 1.75 bits per heavy atom. The molecule has 0 amide bonds. The third-order valence-corrected chi connectivity index (χ3v) is 4.77. The standard InChI is InChI=1S/C19H14N6O2S/c1-13-6-5-9-15(10-13)24-17(14-7-3-2-4-8-14)22-23-19(24)28-18-20-11-16(12-21-18)25(26)27/h2-12H,1H3. The fraction of sp³-hybridized carbons (Fsp3) is 0.0526. The Morgan fingerprint density at radius 1 is 1.00 bits per heavy atom. The molecule has 2 heterocycles. The second-order valence-corrected chi connectivity index (χ2v) is 6.86. The Morgan fingerprint density at radius 3 is 2.43 bits per heavy atom. The molecule has 2 aromatic heterocycles. The predicted octanol–water partition coefficient (Wildman–Crippen LogP) is 4.09. The van der Waals surface area contributed by atoms with Crippen molar-refractivity contribution >= 4 is 17.4 Å². The minimum atomic E-state index is -0.531. The molecule has 138 valence electrons. The molecule has 0 bridgehead atoms. The Balaban J connectivity index is 1.79. The van der Waals surface area contributed by atoms with E-state index in [0.29, 0.717) is 16.1 Å². The van der Waals surface area contributed by atoms with Crippen LogP contribution in [0.2, 0.25) is 0 Å². The van der Waals surface area contributed by atoms with E-state index in [1.165, 1.54) is 24.2 Å². The maximum Gasteiger partial charge on any atom is 0.305 e. The van der Waals surface area contributed by atoms with Crippen molar-refractivity contribution in [2.24, 2.45) is 0 Å². The average molecular weight is 390 g/mol. The normalized spacial score (nSPS) is 10.8. The summed E-state index contributed by atoms with van der Waals surface area (Å²) in [6.07, 6.45) is 2.36. The minimum absolute atomic E-state index is 0.158. The van der Waals surface area contributed by atoms with Crippen LogP contribution in [0.3, 0.4) is 0 Å². The lowest BCUT2D eigenvalue weighted by Gasteiger charge is -2.10. The fourth-order valence-electron chi connectivity index (χ4n) is 2.65. The van der Waals surface area contributed by atoms with Gasteiger partial charge in [0.25, 0.3) is 0 Å². The van der Waals surface area contributed by atoms with Crippen molar-refractivity contribution in [3.63, 3.8) is 0 Å². The summed E-state index contributed by atoms with van der Waals surface area (Å²) in [6.45, 7) is 2.02. The maximum atomic E-state index is 10.8. The van der Waals surface area contributed by atoms with Crippen molar-refractivity contribution < 1.29 is 4.92 Å². The Hall–Kier alpha value is -3.59. The Labute approximate surface area is 164 Å². The molecule has 28 heavy (non-hydrogen) atoms. The minimum Gasteiger partial charge on any atom is -0.270 e. The molecule has 0 unspecified atom stereocenters. The summed E-state index contributed by atoms with van der Waals surface area (Å²) in [7, 11) is 0. The first-order valence-electron chi connectivity index (χ1n) is 8.34. The highest BCUT2D eigenvalue weighted by Crippen LogP contribution is 2.31. The highest BCUT2D eigenvalue weighted by Gasteiger charge is 2.18. The molecule has 0 saturated heterocycles. The third kappa shape index (κ3) is 3.60. The molecule has 4 aromatic rings. The number of benzene rings is 2. The SMILES string of the molecule is Cc1cccc(-n2c(Sc3ncc([N+](=O)[O-])cn3)nnc2-c2ccccc2)c1. The molecule has 0 N–H and O–H groups in total. The number of hydrogen-bond donors (Lipinski definition) is 0. The topological polar surface area (TPSA) is 99.6 Å². The fourth-order valence-corrected chi connectivity index (χ4v) is 3.39. The lowest BCUT2D eigenvalue weighted by atomic mass is 10.2. The van der Waals surface area contributed by atoms with Crippen LogP contribution in [0.25, 0.3) is 17.1 Å². The van der Waals surface area contributed by atoms with Gasteiger partial charge in [-0.1, -0.05) is 42.5 Å². The molecule has 0 saturated carbocycles. The zero-order valence-electron chi connectivity index (χ0n) is 14.8. The first-order valence-corrected chi connectivity index (χ1v) is 9.15. The van der Waals surface area contributed by atoms with Gasteiger partial charge < -0.3 is 0 Å². The second-order valence-electron chi connectivity index (χ2n) is 5.93. The van der Waals surface area contributed by atoms with E-state index in [9.17, 15) is 10.1 Å². The maximum absolute atomic E-state index is 10.8. The molecule has 0 aliphatic carbocycles. The van der Waals surface area contributed by atoms with Gasteiger partial charge in [-0.25, -0.2) is 9.97 Å². The van der Waals surface area contributed by atoms with Crippen LogP contribution in [-0.4, -0.2) is 29.7 Å². The second kappa shape index (κ2) is 7.57. The molecule has 2 aromatic carbocycles. The van der Waals surface area contributed by atoms with Gasteiger partial charge in [-0.3, -0.25) is 14.7 Å². The number of aryl methyl sites for hydroxylation is 1. The van der Waals surface area contributed by atoms with Gasteiger partial charge in [0.15, 0.2) is 11.0 Å². The molecule has 0 radical (unpaired) electrons. The van der Waals surface area contributed by atoms with Gasteiger partial charge in [0, 0.05) is 5.56 Å². The first-order chi connectivity index (χ1) is 13.6. The van der Waals surface area contributed by atoms with E-state index in [2.05, 4.69) is 20.2 Å². The molecule has 9 heteroatoms. The summed E-state index contributed by atoms with van der Waals surface area (Å²) in [5.74, 6) is 0.690. The smallest absolute Gasteiger partial charge is 0.270 e. The van der Waals surface area contributed by atoms with Crippen molar-refractivity contribution in [1.82, 2.24) is 24.7 Å². The highest BCUT2D eigenvalue weighted by atomic mass is 32.2. The quantitative estimate of drug-likeness (QED) is 0.287. The van der Waals surface area contributed by atoms with Crippen molar-refractivity contribution in [2.45, 2.75) is 17.2 Å². The van der Waals surface area contributed by atoms with Crippen molar-refractivity contribution in [3.05, 3.63) is 82.7 Å². The summed E-state index contributed by atoms with van der Waals surface area (Å²) in [5.41, 5.74) is 2.78. The van der Waals surface area contributed by atoms with Crippen LogP contribution in [0.15, 0.2) is 77.3 Å². The van der Waals surface area contributed by atoms with Gasteiger partial charge in [0.05, 0.1) is 10.6 Å². The summed E-state index contributed by atoms with van der Waals surface area (Å²) in [6, 6.07) is 17.8. The number of hydrogen-bond acceptors (Lipinski definition) is 7. The van der Waals surface area contributed by atoms with Crippen molar-refractivity contribution in [3.8, 4) is 17.1 Å². The van der Waals surface area contributed by atoms with Crippen LogP contribution >= 0.6 is 11.8 Å². The van der Waals surface area contributed by atoms with Crippen LogP contribution < -0.4 is 0 Å². The molecule has 0 spiro atoms. The number of aromatic nitrogens is 5. The van der Waals surface area contributed by atoms with Crippen molar-refractivity contribution in [1.29, 1.82) is 0 Å². The zero-order chi connectivity index (χ0) is 19.5. The van der Waals surface area contributed by atoms with Gasteiger partial charge >= 0.3 is 5.69 Å². The Bertz CT molecular complexity index is 1130. The lowest BCUT2D eigenvalue weighted by Crippen LogP contribution is -2.00. The molecule has 0 aliphatic rings. The van der Waals surface area contributed by atoms with Crippen molar-refractivity contribution in [2.75, 3.05) is 0 Å². The predicted molar refractivity (Wildman–Crippen MR) is 104 cm³/mol. The highest BCUT2D eigenvalue weighted by molar-refractivity contribution is 7.99. The number of nitro groups is 1. The summed E-state index contributed by atoms with van der Waals surface area (Å²) in [4.78, 5) is 18.4. The molecule has 4 rings (SSSR count). The number of rotatable bonds is 5. The molecular weight excluding hydrogens is 376 g/mol. The van der Waals surface area contributed by atoms with Gasteiger partial charge in [0.2, 0.25) is 5.16 Å². The van der Waals surface area contributed by atoms with E-state index in [-0.39, 0.29) is 5.69 Å².